The summed E-state index contributed by atoms with van der Waals surface area (Å²) in [6.45, 7) is 3.98. The molecule has 0 bridgehead atoms. The van der Waals surface area contributed by atoms with Crippen LogP contribution in [0.25, 0.3) is 0 Å². The number of carbonyl (C=O) groups is 11. The highest BCUT2D eigenvalue weighted by molar-refractivity contribution is 5.88. The molecule has 436 valence electrons. The fourth-order valence-corrected chi connectivity index (χ4v) is 7.63. The number of nitrogens with one attached hydrogen (secondary N) is 4. The molecule has 0 aliphatic heterocycles. The van der Waals surface area contributed by atoms with Crippen LogP contribution in [0.1, 0.15) is 181 Å². The van der Waals surface area contributed by atoms with Gasteiger partial charge in [0.05, 0.1) is 39.0 Å². The molecule has 0 saturated heterocycles. The van der Waals surface area contributed by atoms with Crippen molar-refractivity contribution in [1.82, 2.24) is 21.3 Å². The van der Waals surface area contributed by atoms with Gasteiger partial charge in [-0.3, -0.25) is 43.2 Å². The second-order valence-corrected chi connectivity index (χ2v) is 19.2. The third-order valence-corrected chi connectivity index (χ3v) is 12.4. The zero-order valence-electron chi connectivity index (χ0n) is 45.2. The van der Waals surface area contributed by atoms with Gasteiger partial charge in [-0.15, -0.1) is 0 Å². The maximum Gasteiger partial charge on any atom is 0.326 e. The van der Waals surface area contributed by atoms with Gasteiger partial charge in [0.15, 0.2) is 5.78 Å². The lowest BCUT2D eigenvalue weighted by atomic mass is 9.94. The van der Waals surface area contributed by atoms with Crippen LogP contribution < -0.4 is 21.3 Å². The van der Waals surface area contributed by atoms with E-state index in [9.17, 15) is 68.1 Å². The molecule has 0 saturated carbocycles. The normalized spacial score (nSPS) is 12.7. The Hall–Kier alpha value is -5.39. The van der Waals surface area contributed by atoms with E-state index < -0.39 is 84.6 Å². The number of aliphatic carboxylic acids is 4. The Kier molecular flexibility index (Phi) is 43.5. The summed E-state index contributed by atoms with van der Waals surface area (Å²) in [6.07, 6.45) is 14.6. The molecule has 23 heteroatoms. The number of carboxylic acid groups (broad SMARTS) is 4. The molecule has 23 nitrogen and oxygen atoms in total. The van der Waals surface area contributed by atoms with Gasteiger partial charge < -0.3 is 60.6 Å². The molecule has 0 spiro atoms. The Labute approximate surface area is 447 Å². The highest BCUT2D eigenvalue weighted by Gasteiger charge is 2.27. The predicted molar refractivity (Wildman–Crippen MR) is 277 cm³/mol. The Balaban J connectivity index is 4.19. The summed E-state index contributed by atoms with van der Waals surface area (Å²) < 4.78 is 21.1. The van der Waals surface area contributed by atoms with Crippen LogP contribution in [0.2, 0.25) is 0 Å². The molecule has 0 radical (unpaired) electrons. The number of hydrogen-bond donors (Lipinski definition) is 8. The molecule has 0 aromatic heterocycles. The average molecular weight is 1090 g/mol. The molecule has 4 atom stereocenters. The number of carboxylic acids is 4. The van der Waals surface area contributed by atoms with Crippen LogP contribution in [-0.2, 0) is 71.7 Å². The summed E-state index contributed by atoms with van der Waals surface area (Å²) in [5.74, 6) is -8.91. The van der Waals surface area contributed by atoms with Crippen LogP contribution in [0.3, 0.4) is 0 Å². The van der Waals surface area contributed by atoms with Crippen molar-refractivity contribution in [2.45, 2.75) is 193 Å². The van der Waals surface area contributed by atoms with Gasteiger partial charge in [-0.1, -0.05) is 90.4 Å². The smallest absolute Gasteiger partial charge is 0.326 e. The molecular formula is C53H90N4O19. The Bertz CT molecular complexity index is 1730. The van der Waals surface area contributed by atoms with Crippen LogP contribution in [0.4, 0.5) is 0 Å². The van der Waals surface area contributed by atoms with Gasteiger partial charge in [-0.2, -0.15) is 0 Å². The fraction of sp³-hybridized carbons (Fsp3) is 0.792. The van der Waals surface area contributed by atoms with Crippen LogP contribution in [0.15, 0.2) is 0 Å². The lowest BCUT2D eigenvalue weighted by Crippen LogP contribution is -2.44. The molecule has 76 heavy (non-hydrogen) atoms. The van der Waals surface area contributed by atoms with Gasteiger partial charge in [-0.05, 0) is 51.9 Å². The number of ketones is 3. The van der Waals surface area contributed by atoms with Crippen molar-refractivity contribution in [3.63, 3.8) is 0 Å². The van der Waals surface area contributed by atoms with Crippen molar-refractivity contribution in [1.29, 1.82) is 0 Å². The topological polar surface area (TPSA) is 354 Å². The lowest BCUT2D eigenvalue weighted by Gasteiger charge is -2.17. The molecule has 8 N–H and O–H groups in total. The van der Waals surface area contributed by atoms with Crippen molar-refractivity contribution >= 4 is 64.9 Å². The second-order valence-electron chi connectivity index (χ2n) is 19.2. The van der Waals surface area contributed by atoms with Crippen LogP contribution in [0.5, 0.6) is 0 Å². The average Bonchev–Trinajstić information content (AvgIpc) is 3.36. The number of amides is 4. The molecule has 0 aliphatic carbocycles. The van der Waals surface area contributed by atoms with E-state index in [0.717, 1.165) is 77.0 Å². The summed E-state index contributed by atoms with van der Waals surface area (Å²) >= 11 is 0. The van der Waals surface area contributed by atoms with E-state index in [4.69, 9.17) is 24.1 Å². The second kappa shape index (κ2) is 46.9. The number of rotatable bonds is 54. The highest BCUT2D eigenvalue weighted by atomic mass is 16.5. The standard InChI is InChI=1S/C53H90N4O19/c1-39(40(2)58)19-17-18-28-54-49(64)38-76-34-33-75-37-43(60)36-74-32-31-73-30-29-55-46(61)26-22-41(51(67)68)35-42(59)23-24-44(52(69)70)57-48(63)27-25-45(53(71)72)56-47(62)20-15-13-11-9-7-5-3-4-6-8-10-12-14-16-21-50(65)66/h39,41,44-45H,3-38H2,1-2H3,(H,54,64)(H,55,61)(H,56,62)(H,57,63)(H,65,66)(H,67,68)(H,69,70)(H,71,72)/t39-,41+,44-,45-/m0/s1. The van der Waals surface area contributed by atoms with Gasteiger partial charge in [0.2, 0.25) is 23.6 Å². The summed E-state index contributed by atoms with van der Waals surface area (Å²) in [5.41, 5.74) is 0. The summed E-state index contributed by atoms with van der Waals surface area (Å²) in [5, 5.41) is 47.6. The third kappa shape index (κ3) is 43.8. The van der Waals surface area contributed by atoms with Crippen LogP contribution in [0, 0.1) is 11.8 Å². The monoisotopic (exact) mass is 1090 g/mol. The van der Waals surface area contributed by atoms with Crippen molar-refractivity contribution in [3.8, 4) is 0 Å². The fourth-order valence-electron chi connectivity index (χ4n) is 7.63. The number of ether oxygens (including phenoxy) is 4. The molecule has 0 unspecified atom stereocenters. The number of carbonyl (C=O) groups excluding carboxylic acids is 7. The minimum atomic E-state index is -1.53. The predicted octanol–water partition coefficient (Wildman–Crippen LogP) is 4.72. The first-order valence-corrected chi connectivity index (χ1v) is 27.2. The molecule has 0 heterocycles. The maximum atomic E-state index is 12.7. The van der Waals surface area contributed by atoms with E-state index in [1.807, 2.05) is 6.92 Å². The zero-order valence-corrected chi connectivity index (χ0v) is 45.2. The van der Waals surface area contributed by atoms with Gasteiger partial charge in [0.25, 0.3) is 0 Å². The van der Waals surface area contributed by atoms with Crippen molar-refractivity contribution in [2.75, 3.05) is 65.9 Å². The summed E-state index contributed by atoms with van der Waals surface area (Å²) in [4.78, 5) is 131. The van der Waals surface area contributed by atoms with E-state index in [1.165, 1.54) is 25.7 Å². The van der Waals surface area contributed by atoms with Gasteiger partial charge in [0, 0.05) is 57.5 Å². The minimum absolute atomic E-state index is 0.0140. The lowest BCUT2D eigenvalue weighted by molar-refractivity contribution is -0.145. The molecule has 0 aromatic rings. The third-order valence-electron chi connectivity index (χ3n) is 12.4. The van der Waals surface area contributed by atoms with E-state index in [2.05, 4.69) is 21.3 Å². The van der Waals surface area contributed by atoms with E-state index in [0.29, 0.717) is 13.0 Å². The quantitative estimate of drug-likeness (QED) is 0.0382. The summed E-state index contributed by atoms with van der Waals surface area (Å²) in [6, 6.07) is -2.90. The maximum absolute atomic E-state index is 12.7. The van der Waals surface area contributed by atoms with Crippen LogP contribution in [-0.4, -0.2) is 163 Å². The zero-order chi connectivity index (χ0) is 56.8. The Morgan fingerprint density at radius 3 is 1.34 bits per heavy atom. The number of hydrogen-bond acceptors (Lipinski definition) is 15. The van der Waals surface area contributed by atoms with E-state index in [1.54, 1.807) is 6.92 Å². The number of unbranched alkanes of at least 4 members (excludes halogenated alkanes) is 14. The summed E-state index contributed by atoms with van der Waals surface area (Å²) in [7, 11) is 0. The highest BCUT2D eigenvalue weighted by Crippen LogP contribution is 2.17. The van der Waals surface area contributed by atoms with Gasteiger partial charge >= 0.3 is 23.9 Å². The van der Waals surface area contributed by atoms with Gasteiger partial charge in [0.1, 0.15) is 43.5 Å². The Morgan fingerprint density at radius 2 is 0.842 bits per heavy atom. The van der Waals surface area contributed by atoms with Gasteiger partial charge in [-0.25, -0.2) is 9.59 Å². The minimum Gasteiger partial charge on any atom is -0.481 e. The van der Waals surface area contributed by atoms with Crippen molar-refractivity contribution in [2.24, 2.45) is 11.8 Å². The Morgan fingerprint density at radius 1 is 0.395 bits per heavy atom. The van der Waals surface area contributed by atoms with Crippen LogP contribution >= 0.6 is 0 Å². The first kappa shape index (κ1) is 70.6. The molecule has 0 fully saturated rings. The molecule has 4 amide bonds. The van der Waals surface area contributed by atoms with Crippen molar-refractivity contribution < 1.29 is 92.1 Å². The van der Waals surface area contributed by atoms with Crippen molar-refractivity contribution in [3.05, 3.63) is 0 Å². The first-order valence-electron chi connectivity index (χ1n) is 27.2. The number of Topliss-reactive ketones (excluding diaryl/α,β-unsaturated/α-hetero) is 3. The molecule has 0 aliphatic rings. The molecule has 0 aromatic carbocycles. The SMILES string of the molecule is CC(=O)[C@@H](C)CCCCNC(=O)COCCOCC(=O)COCCOCCNC(=O)CC[C@H](CC(=O)CC[C@H](NC(=O)CC[C@H](NC(=O)CCCCCCCCCCCCCCCCC(=O)O)C(=O)O)C(=O)O)C(=O)O. The molecular weight excluding hydrogens is 997 g/mol. The largest absolute Gasteiger partial charge is 0.481 e. The van der Waals surface area contributed by atoms with E-state index >= 15 is 0 Å². The van der Waals surface area contributed by atoms with E-state index in [-0.39, 0.29) is 121 Å². The molecule has 0 rings (SSSR count). The first-order chi connectivity index (χ1) is 36.3.